The van der Waals surface area contributed by atoms with Crippen molar-refractivity contribution in [3.05, 3.63) is 18.0 Å². The largest absolute Gasteiger partial charge is 0.359 e. The molecule has 0 aliphatic carbocycles. The predicted octanol–water partition coefficient (Wildman–Crippen LogP) is 0.337. The van der Waals surface area contributed by atoms with Gasteiger partial charge >= 0.3 is 0 Å². The summed E-state index contributed by atoms with van der Waals surface area (Å²) < 4.78 is 1.75. The standard InChI is InChI=1S/C14H22N4O2/c1-15-13(19)7-11-5-6-18(10-11)14(20)4-3-12-8-16-17(2)9-12/h8-9,11H,3-7,10H2,1-2H3,(H,15,19)/t11-/m1/s1. The molecule has 2 rings (SSSR count). The minimum atomic E-state index is 0.0552. The number of nitrogens with zero attached hydrogens (tertiary/aromatic N) is 3. The molecule has 2 heterocycles. The summed E-state index contributed by atoms with van der Waals surface area (Å²) in [5, 5.41) is 6.73. The van der Waals surface area contributed by atoms with Crippen molar-refractivity contribution in [3.8, 4) is 0 Å². The van der Waals surface area contributed by atoms with Crippen LogP contribution in [0.4, 0.5) is 0 Å². The Morgan fingerprint density at radius 1 is 1.50 bits per heavy atom. The highest BCUT2D eigenvalue weighted by molar-refractivity contribution is 5.78. The average Bonchev–Trinajstić information content (AvgIpc) is 3.05. The van der Waals surface area contributed by atoms with Crippen molar-refractivity contribution in [1.82, 2.24) is 20.0 Å². The van der Waals surface area contributed by atoms with Crippen LogP contribution in [0.3, 0.4) is 0 Å². The Kier molecular flexibility index (Phi) is 4.76. The third-order valence-electron chi connectivity index (χ3n) is 3.78. The Morgan fingerprint density at radius 2 is 2.30 bits per heavy atom. The van der Waals surface area contributed by atoms with Gasteiger partial charge in [-0.1, -0.05) is 0 Å². The molecule has 0 saturated carbocycles. The van der Waals surface area contributed by atoms with Crippen LogP contribution in [0.5, 0.6) is 0 Å². The third-order valence-corrected chi connectivity index (χ3v) is 3.78. The Balaban J connectivity index is 1.75. The van der Waals surface area contributed by atoms with Gasteiger partial charge in [0.1, 0.15) is 0 Å². The maximum Gasteiger partial charge on any atom is 0.222 e. The molecule has 1 aliphatic rings. The minimum absolute atomic E-state index is 0.0552. The van der Waals surface area contributed by atoms with Crippen LogP contribution in [0.15, 0.2) is 12.4 Å². The molecule has 0 bridgehead atoms. The van der Waals surface area contributed by atoms with Gasteiger partial charge in [0.15, 0.2) is 0 Å². The highest BCUT2D eigenvalue weighted by Crippen LogP contribution is 2.20. The van der Waals surface area contributed by atoms with Gasteiger partial charge in [0, 0.05) is 46.2 Å². The first-order valence-electron chi connectivity index (χ1n) is 7.04. The van der Waals surface area contributed by atoms with Crippen LogP contribution in [0.2, 0.25) is 0 Å². The minimum Gasteiger partial charge on any atom is -0.359 e. The Morgan fingerprint density at radius 3 is 2.95 bits per heavy atom. The van der Waals surface area contributed by atoms with Gasteiger partial charge in [-0.2, -0.15) is 5.10 Å². The number of carbonyl (C=O) groups excluding carboxylic acids is 2. The molecule has 1 N–H and O–H groups in total. The summed E-state index contributed by atoms with van der Waals surface area (Å²) >= 11 is 0. The molecule has 0 unspecified atom stereocenters. The van der Waals surface area contributed by atoms with E-state index in [4.69, 9.17) is 0 Å². The van der Waals surface area contributed by atoms with Crippen molar-refractivity contribution in [2.24, 2.45) is 13.0 Å². The molecule has 1 aromatic heterocycles. The SMILES string of the molecule is CNC(=O)C[C@H]1CCN(C(=O)CCc2cnn(C)c2)C1. The summed E-state index contributed by atoms with van der Waals surface area (Å²) in [5.74, 6) is 0.533. The Hall–Kier alpha value is -1.85. The van der Waals surface area contributed by atoms with Crippen LogP contribution in [-0.4, -0.2) is 46.6 Å². The van der Waals surface area contributed by atoms with Gasteiger partial charge in [-0.3, -0.25) is 14.3 Å². The van der Waals surface area contributed by atoms with Crippen LogP contribution in [0, 0.1) is 5.92 Å². The first kappa shape index (κ1) is 14.6. The van der Waals surface area contributed by atoms with Crippen LogP contribution in [-0.2, 0) is 23.1 Å². The fourth-order valence-corrected chi connectivity index (χ4v) is 2.60. The lowest BCUT2D eigenvalue weighted by Gasteiger charge is -2.16. The lowest BCUT2D eigenvalue weighted by molar-refractivity contribution is -0.130. The fraction of sp³-hybridized carbons (Fsp3) is 0.643. The van der Waals surface area contributed by atoms with Gasteiger partial charge in [0.25, 0.3) is 0 Å². The number of aromatic nitrogens is 2. The molecule has 0 aromatic carbocycles. The molecule has 20 heavy (non-hydrogen) atoms. The van der Waals surface area contributed by atoms with Crippen LogP contribution in [0.1, 0.15) is 24.8 Å². The molecular formula is C14H22N4O2. The number of likely N-dealkylation sites (tertiary alicyclic amines) is 1. The molecule has 2 amide bonds. The second-order valence-electron chi connectivity index (χ2n) is 5.39. The van der Waals surface area contributed by atoms with E-state index in [2.05, 4.69) is 10.4 Å². The molecule has 6 heteroatoms. The Bertz CT molecular complexity index is 483. The van der Waals surface area contributed by atoms with Crippen molar-refractivity contribution < 1.29 is 9.59 Å². The molecule has 1 fully saturated rings. The van der Waals surface area contributed by atoms with Crippen LogP contribution >= 0.6 is 0 Å². The van der Waals surface area contributed by atoms with E-state index in [0.29, 0.717) is 25.3 Å². The lowest BCUT2D eigenvalue weighted by Crippen LogP contribution is -2.29. The van der Waals surface area contributed by atoms with E-state index in [0.717, 1.165) is 24.9 Å². The van der Waals surface area contributed by atoms with E-state index < -0.39 is 0 Å². The number of hydrogen-bond acceptors (Lipinski definition) is 3. The quantitative estimate of drug-likeness (QED) is 0.844. The van der Waals surface area contributed by atoms with E-state index in [1.54, 1.807) is 17.9 Å². The van der Waals surface area contributed by atoms with Crippen LogP contribution in [0.25, 0.3) is 0 Å². The maximum atomic E-state index is 12.1. The average molecular weight is 278 g/mol. The van der Waals surface area contributed by atoms with Crippen molar-refractivity contribution in [2.75, 3.05) is 20.1 Å². The summed E-state index contributed by atoms with van der Waals surface area (Å²) in [6, 6.07) is 0. The number of hydrogen-bond donors (Lipinski definition) is 1. The van der Waals surface area contributed by atoms with Gasteiger partial charge in [-0.15, -0.1) is 0 Å². The maximum absolute atomic E-state index is 12.1. The second-order valence-corrected chi connectivity index (χ2v) is 5.39. The number of amides is 2. The second kappa shape index (κ2) is 6.54. The lowest BCUT2D eigenvalue weighted by atomic mass is 10.0. The summed E-state index contributed by atoms with van der Waals surface area (Å²) in [6.07, 6.45) is 6.41. The number of nitrogens with one attached hydrogen (secondary N) is 1. The van der Waals surface area contributed by atoms with E-state index in [-0.39, 0.29) is 11.8 Å². The fourth-order valence-electron chi connectivity index (χ4n) is 2.60. The molecule has 1 saturated heterocycles. The van der Waals surface area contributed by atoms with Gasteiger partial charge < -0.3 is 10.2 Å². The van der Waals surface area contributed by atoms with Gasteiger partial charge in [0.2, 0.25) is 11.8 Å². The van der Waals surface area contributed by atoms with E-state index in [1.165, 1.54) is 0 Å². The smallest absolute Gasteiger partial charge is 0.222 e. The van der Waals surface area contributed by atoms with Gasteiger partial charge in [-0.05, 0) is 24.3 Å². The highest BCUT2D eigenvalue weighted by atomic mass is 16.2. The zero-order chi connectivity index (χ0) is 14.5. The first-order chi connectivity index (χ1) is 9.58. The highest BCUT2D eigenvalue weighted by Gasteiger charge is 2.27. The molecule has 1 aromatic rings. The monoisotopic (exact) mass is 278 g/mol. The molecule has 0 radical (unpaired) electrons. The number of aryl methyl sites for hydroxylation is 2. The molecule has 1 aliphatic heterocycles. The van der Waals surface area contributed by atoms with Gasteiger partial charge in [0.05, 0.1) is 6.20 Å². The summed E-state index contributed by atoms with van der Waals surface area (Å²) in [5.41, 5.74) is 1.09. The van der Waals surface area contributed by atoms with Crippen molar-refractivity contribution >= 4 is 11.8 Å². The van der Waals surface area contributed by atoms with E-state index in [1.807, 2.05) is 18.1 Å². The molecular weight excluding hydrogens is 256 g/mol. The third kappa shape index (κ3) is 3.82. The van der Waals surface area contributed by atoms with Crippen molar-refractivity contribution in [1.29, 1.82) is 0 Å². The van der Waals surface area contributed by atoms with Crippen LogP contribution < -0.4 is 5.32 Å². The van der Waals surface area contributed by atoms with Crippen molar-refractivity contribution in [2.45, 2.75) is 25.7 Å². The molecule has 6 nitrogen and oxygen atoms in total. The van der Waals surface area contributed by atoms with Gasteiger partial charge in [-0.25, -0.2) is 0 Å². The molecule has 1 atom stereocenters. The summed E-state index contributed by atoms with van der Waals surface area (Å²) in [7, 11) is 3.52. The number of carbonyl (C=O) groups is 2. The first-order valence-corrected chi connectivity index (χ1v) is 7.04. The summed E-state index contributed by atoms with van der Waals surface area (Å²) in [4.78, 5) is 25.3. The Labute approximate surface area is 119 Å². The van der Waals surface area contributed by atoms with E-state index in [9.17, 15) is 9.59 Å². The predicted molar refractivity (Wildman–Crippen MR) is 74.9 cm³/mol. The van der Waals surface area contributed by atoms with Crippen molar-refractivity contribution in [3.63, 3.8) is 0 Å². The topological polar surface area (TPSA) is 67.2 Å². The summed E-state index contributed by atoms with van der Waals surface area (Å²) in [6.45, 7) is 1.48. The molecule has 0 spiro atoms. The number of rotatable bonds is 5. The zero-order valence-electron chi connectivity index (χ0n) is 12.1. The normalized spacial score (nSPS) is 18.3. The molecule has 110 valence electrons. The zero-order valence-corrected chi connectivity index (χ0v) is 12.1. The van der Waals surface area contributed by atoms with E-state index >= 15 is 0 Å².